The van der Waals surface area contributed by atoms with Gasteiger partial charge in [-0.3, -0.25) is 24.5 Å². The number of rotatable bonds is 17. The highest BCUT2D eigenvalue weighted by atomic mass is 16.6. The average Bonchev–Trinajstić information content (AvgIpc) is 3.12. The van der Waals surface area contributed by atoms with Crippen LogP contribution >= 0.6 is 0 Å². The molecule has 368 valence electrons. The van der Waals surface area contributed by atoms with Crippen LogP contribution in [-0.2, 0) is 39.8 Å². The fourth-order valence-corrected chi connectivity index (χ4v) is 3.76. The molecule has 0 saturated carbocycles. The topological polar surface area (TPSA) is 228 Å². The number of nitro benzene ring substituents is 1. The lowest BCUT2D eigenvalue weighted by molar-refractivity contribution is -0.384. The van der Waals surface area contributed by atoms with Gasteiger partial charge in [0.2, 0.25) is 0 Å². The van der Waals surface area contributed by atoms with Crippen molar-refractivity contribution >= 4 is 23.6 Å². The first kappa shape index (κ1) is 67.9. The molecule has 0 heterocycles. The zero-order chi connectivity index (χ0) is 49.8. The van der Waals surface area contributed by atoms with Gasteiger partial charge >= 0.3 is 17.9 Å². The molecule has 0 aliphatic heterocycles. The first-order valence-corrected chi connectivity index (χ1v) is 22.3. The van der Waals surface area contributed by atoms with Gasteiger partial charge in [0.05, 0.1) is 29.5 Å². The maximum atomic E-state index is 11.8. The number of esters is 3. The van der Waals surface area contributed by atoms with Crippen LogP contribution in [0.25, 0.3) is 0 Å². The highest BCUT2D eigenvalue weighted by Crippen LogP contribution is 2.20. The van der Waals surface area contributed by atoms with Crippen LogP contribution in [0, 0.1) is 16.0 Å². The van der Waals surface area contributed by atoms with Crippen molar-refractivity contribution in [2.45, 2.75) is 205 Å². The number of nitro groups is 1. The Balaban J connectivity index is -0.000000227. The van der Waals surface area contributed by atoms with Gasteiger partial charge in [-0.1, -0.05) is 79.4 Å². The summed E-state index contributed by atoms with van der Waals surface area (Å²) >= 11 is 0. The highest BCUT2D eigenvalue weighted by molar-refractivity contribution is 5.73. The number of non-ortho nitro benzene ring substituents is 1. The van der Waals surface area contributed by atoms with Crippen molar-refractivity contribution in [2.75, 3.05) is 39.3 Å². The Morgan fingerprint density at radius 1 is 0.661 bits per heavy atom. The van der Waals surface area contributed by atoms with E-state index in [1.165, 1.54) is 37.8 Å². The second-order valence-corrected chi connectivity index (χ2v) is 18.7. The summed E-state index contributed by atoms with van der Waals surface area (Å²) in [5, 5.41) is 25.7. The van der Waals surface area contributed by atoms with E-state index < -0.39 is 27.5 Å². The minimum absolute atomic E-state index is 0.0777. The van der Waals surface area contributed by atoms with Crippen LogP contribution in [0.3, 0.4) is 0 Å². The van der Waals surface area contributed by atoms with E-state index in [4.69, 9.17) is 30.4 Å². The molecule has 2 atom stereocenters. The van der Waals surface area contributed by atoms with Crippen molar-refractivity contribution in [1.82, 2.24) is 10.6 Å². The average molecular weight is 890 g/mol. The zero-order valence-corrected chi connectivity index (χ0v) is 42.8. The molecule has 15 nitrogen and oxygen atoms in total. The number of unbranched alkanes of at least 4 members (excludes halogenated alkanes) is 2. The Bertz CT molecular complexity index is 1220. The van der Waals surface area contributed by atoms with Gasteiger partial charge in [0.15, 0.2) is 5.79 Å². The predicted molar refractivity (Wildman–Crippen MR) is 255 cm³/mol. The van der Waals surface area contributed by atoms with E-state index in [0.717, 1.165) is 5.56 Å². The lowest BCUT2D eigenvalue weighted by atomic mass is 10.0. The number of nitrogens with one attached hydrogen (secondary N) is 2. The van der Waals surface area contributed by atoms with Gasteiger partial charge in [-0.2, -0.15) is 0 Å². The lowest BCUT2D eigenvalue weighted by Gasteiger charge is -2.31. The molecule has 7 N–H and O–H groups in total. The second-order valence-electron chi connectivity index (χ2n) is 18.7. The van der Waals surface area contributed by atoms with Crippen LogP contribution < -0.4 is 22.1 Å². The number of ether oxygens (including phenoxy) is 4. The number of carbonyl (C=O) groups is 3. The molecule has 0 aliphatic carbocycles. The first-order chi connectivity index (χ1) is 28.2. The Morgan fingerprint density at radius 3 is 1.26 bits per heavy atom. The first-order valence-electron chi connectivity index (χ1n) is 22.3. The summed E-state index contributed by atoms with van der Waals surface area (Å²) in [5.41, 5.74) is 9.97. The summed E-state index contributed by atoms with van der Waals surface area (Å²) in [5.74, 6) is -1.85. The van der Waals surface area contributed by atoms with Crippen LogP contribution in [0.1, 0.15) is 176 Å². The van der Waals surface area contributed by atoms with Crippen molar-refractivity contribution in [2.24, 2.45) is 17.4 Å². The monoisotopic (exact) mass is 890 g/mol. The Kier molecular flexibility index (Phi) is 40.7. The fraction of sp³-hybridized carbons (Fsp3) is 0.809. The molecule has 15 heteroatoms. The molecule has 0 bridgehead atoms. The predicted octanol–water partition coefficient (Wildman–Crippen LogP) is 8.79. The molecule has 0 fully saturated rings. The summed E-state index contributed by atoms with van der Waals surface area (Å²) < 4.78 is 20.7. The van der Waals surface area contributed by atoms with Crippen molar-refractivity contribution in [3.05, 3.63) is 39.9 Å². The zero-order valence-electron chi connectivity index (χ0n) is 42.8. The fourth-order valence-electron chi connectivity index (χ4n) is 3.76. The minimum atomic E-state index is -0.974. The molecule has 0 aromatic heterocycles. The molecule has 1 rings (SSSR count). The van der Waals surface area contributed by atoms with Gasteiger partial charge in [0.25, 0.3) is 5.69 Å². The van der Waals surface area contributed by atoms with Crippen molar-refractivity contribution in [3.63, 3.8) is 0 Å². The van der Waals surface area contributed by atoms with Gasteiger partial charge in [-0.05, 0) is 115 Å². The molecule has 1 aromatic carbocycles. The number of carbonyl (C=O) groups excluding carboxylic acids is 3. The molecule has 0 radical (unpaired) electrons. The molecule has 0 aliphatic rings. The molecule has 0 spiro atoms. The van der Waals surface area contributed by atoms with Crippen LogP contribution in [0.4, 0.5) is 5.69 Å². The second kappa shape index (κ2) is 37.2. The van der Waals surface area contributed by atoms with Crippen LogP contribution in [0.5, 0.6) is 0 Å². The van der Waals surface area contributed by atoms with E-state index in [-0.39, 0.29) is 48.2 Å². The smallest absolute Gasteiger partial charge is 0.320 e. The largest absolute Gasteiger partial charge is 0.460 e. The summed E-state index contributed by atoms with van der Waals surface area (Å²) in [6.07, 6.45) is 7.25. The molecule has 0 saturated heterocycles. The van der Waals surface area contributed by atoms with E-state index in [0.29, 0.717) is 45.4 Å². The third kappa shape index (κ3) is 56.8. The van der Waals surface area contributed by atoms with Gasteiger partial charge in [-0.15, -0.1) is 0 Å². The third-order valence-electron chi connectivity index (χ3n) is 7.03. The van der Waals surface area contributed by atoms with E-state index in [9.17, 15) is 29.6 Å². The molecular formula is C47H95N5O10. The number of aryl methyl sites for hydroxylation is 1. The van der Waals surface area contributed by atoms with Gasteiger partial charge < -0.3 is 46.2 Å². The summed E-state index contributed by atoms with van der Waals surface area (Å²) in [4.78, 5) is 43.9. The molecule has 1 aromatic rings. The Labute approximate surface area is 378 Å². The Hall–Kier alpha value is -3.21. The van der Waals surface area contributed by atoms with Gasteiger partial charge in [-0.25, -0.2) is 0 Å². The lowest BCUT2D eigenvalue weighted by Crippen LogP contribution is -2.36. The van der Waals surface area contributed by atoms with E-state index in [1.54, 1.807) is 19.1 Å². The van der Waals surface area contributed by atoms with Crippen LogP contribution in [0.2, 0.25) is 0 Å². The minimum Gasteiger partial charge on any atom is -0.460 e. The van der Waals surface area contributed by atoms with Gasteiger partial charge in [0.1, 0.15) is 16.8 Å². The number of hydrogen-bond donors (Lipinski definition) is 5. The van der Waals surface area contributed by atoms with Gasteiger partial charge in [0, 0.05) is 38.3 Å². The molecule has 2 unspecified atom stereocenters. The van der Waals surface area contributed by atoms with Crippen molar-refractivity contribution < 1.29 is 43.4 Å². The summed E-state index contributed by atoms with van der Waals surface area (Å²) in [6.45, 7) is 39.3. The standard InChI is InChI=1S/C15H21NO4.2C8H18N2O2.C8H18O2.2C4H10/c1-11(14(17)20-15(2,3)4)5-6-12-7-9-13(10-8-12)16(18)19;2*1-8(2,3)12-7(11)6-10-5-4-9;1-6-8(5,9)10-7(2,3)4;2*1-3-4-2/h7-11H,5-6H2,1-4H3;2*10H,4-6,9H2,1-3H3;9H,6H2,1-5H3;2*3-4H2,1-2H3. The number of nitrogens with two attached hydrogens (primary N) is 2. The number of benzene rings is 1. The number of hydrogen-bond acceptors (Lipinski definition) is 14. The summed E-state index contributed by atoms with van der Waals surface area (Å²) in [7, 11) is 0. The molecule has 62 heavy (non-hydrogen) atoms. The number of nitrogens with zero attached hydrogens (tertiary/aromatic N) is 1. The third-order valence-corrected chi connectivity index (χ3v) is 7.03. The van der Waals surface area contributed by atoms with Crippen molar-refractivity contribution in [1.29, 1.82) is 0 Å². The van der Waals surface area contributed by atoms with Crippen molar-refractivity contribution in [3.8, 4) is 0 Å². The summed E-state index contributed by atoms with van der Waals surface area (Å²) in [6, 6.07) is 6.40. The normalized spacial score (nSPS) is 12.5. The van der Waals surface area contributed by atoms with E-state index in [2.05, 4.69) is 38.3 Å². The maximum Gasteiger partial charge on any atom is 0.320 e. The quantitative estimate of drug-likeness (QED) is 0.0246. The van der Waals surface area contributed by atoms with E-state index in [1.807, 2.05) is 96.9 Å². The molecule has 0 amide bonds. The maximum absolute atomic E-state index is 11.8. The van der Waals surface area contributed by atoms with Crippen LogP contribution in [0.15, 0.2) is 24.3 Å². The SMILES string of the molecule is CC(C)(C)OC(=O)CNCCN.CC(C)(C)OC(=O)CNCCN.CC(CCc1ccc([N+](=O)[O-])cc1)C(=O)OC(C)(C)C.CCC(C)(O)OC(C)(C)C.CCCC.CCCC. The Morgan fingerprint density at radius 2 is 1.02 bits per heavy atom. The number of aliphatic hydroxyl groups is 1. The molecular weight excluding hydrogens is 795 g/mol. The van der Waals surface area contributed by atoms with Crippen LogP contribution in [-0.4, -0.2) is 95.4 Å². The van der Waals surface area contributed by atoms with E-state index >= 15 is 0 Å². The highest BCUT2D eigenvalue weighted by Gasteiger charge is 2.25.